The van der Waals surface area contributed by atoms with Gasteiger partial charge in [0.2, 0.25) is 5.91 Å². The molecule has 1 amide bonds. The number of halogens is 3. The Bertz CT molecular complexity index is 688. The summed E-state index contributed by atoms with van der Waals surface area (Å²) in [5.74, 6) is -2.96. The quantitative estimate of drug-likeness (QED) is 0.663. The summed E-state index contributed by atoms with van der Waals surface area (Å²) in [4.78, 5) is 14.0. The Morgan fingerprint density at radius 3 is 2.75 bits per heavy atom. The minimum atomic E-state index is -1.22. The molecule has 4 nitrogen and oxygen atoms in total. The topological polar surface area (TPSA) is 56.1 Å². The minimum Gasteiger partial charge on any atom is -0.323 e. The van der Waals surface area contributed by atoms with Crippen molar-refractivity contribution >= 4 is 5.91 Å². The largest absolute Gasteiger partial charge is 0.323 e. The fraction of sp³-hybridized carbons (Fsp3) is 0.529. The SMILES string of the molecule is N#C[C@@H]1C2CCC(C2)N1C(=O)CCNCc1cc(F)c(F)cc1F. The maximum atomic E-state index is 13.5. The molecule has 1 N–H and O–H groups in total. The summed E-state index contributed by atoms with van der Waals surface area (Å²) in [5.41, 5.74) is 0.0106. The number of nitriles is 1. The molecule has 0 radical (unpaired) electrons. The Labute approximate surface area is 138 Å². The van der Waals surface area contributed by atoms with Gasteiger partial charge in [-0.3, -0.25) is 4.79 Å². The molecule has 3 atom stereocenters. The molecule has 1 aromatic rings. The number of likely N-dealkylation sites (tertiary alicyclic amines) is 1. The molecule has 1 aliphatic carbocycles. The first-order valence-corrected chi connectivity index (χ1v) is 8.06. The van der Waals surface area contributed by atoms with Gasteiger partial charge in [-0.2, -0.15) is 5.26 Å². The van der Waals surface area contributed by atoms with E-state index in [2.05, 4.69) is 11.4 Å². The third-order valence-electron chi connectivity index (χ3n) is 4.93. The smallest absolute Gasteiger partial charge is 0.225 e. The van der Waals surface area contributed by atoms with E-state index in [9.17, 15) is 23.2 Å². The molecule has 7 heteroatoms. The Morgan fingerprint density at radius 1 is 1.25 bits per heavy atom. The first kappa shape index (κ1) is 16.8. The van der Waals surface area contributed by atoms with Gasteiger partial charge in [0.05, 0.1) is 6.07 Å². The van der Waals surface area contributed by atoms with Crippen molar-refractivity contribution in [2.45, 2.75) is 44.3 Å². The molecule has 0 aromatic heterocycles. The molecule has 0 spiro atoms. The summed E-state index contributed by atoms with van der Waals surface area (Å²) in [6.45, 7) is 0.285. The normalized spacial score (nSPS) is 25.1. The lowest BCUT2D eigenvalue weighted by Crippen LogP contribution is -2.45. The highest BCUT2D eigenvalue weighted by Crippen LogP contribution is 2.42. The summed E-state index contributed by atoms with van der Waals surface area (Å²) >= 11 is 0. The van der Waals surface area contributed by atoms with Crippen molar-refractivity contribution < 1.29 is 18.0 Å². The highest BCUT2D eigenvalue weighted by atomic mass is 19.2. The van der Waals surface area contributed by atoms with Crippen LogP contribution >= 0.6 is 0 Å². The van der Waals surface area contributed by atoms with Crippen molar-refractivity contribution in [3.63, 3.8) is 0 Å². The molecule has 1 aliphatic heterocycles. The molecular formula is C17H18F3N3O. The van der Waals surface area contributed by atoms with Crippen LogP contribution in [0.25, 0.3) is 0 Å². The molecule has 2 fully saturated rings. The van der Waals surface area contributed by atoms with Gasteiger partial charge in [-0.1, -0.05) is 0 Å². The lowest BCUT2D eigenvalue weighted by Gasteiger charge is -2.31. The molecule has 2 bridgehead atoms. The van der Waals surface area contributed by atoms with Crippen LogP contribution < -0.4 is 5.32 Å². The zero-order valence-corrected chi connectivity index (χ0v) is 13.1. The number of amides is 1. The zero-order chi connectivity index (χ0) is 17.3. The number of carbonyl (C=O) groups is 1. The molecule has 2 aliphatic rings. The number of benzene rings is 1. The summed E-state index contributed by atoms with van der Waals surface area (Å²) in [5, 5.41) is 12.1. The van der Waals surface area contributed by atoms with E-state index in [1.165, 1.54) is 0 Å². The Morgan fingerprint density at radius 2 is 2.00 bits per heavy atom. The lowest BCUT2D eigenvalue weighted by atomic mass is 10.00. The molecule has 2 unspecified atom stereocenters. The fourth-order valence-electron chi connectivity index (χ4n) is 3.76. The number of nitrogens with one attached hydrogen (secondary N) is 1. The van der Waals surface area contributed by atoms with E-state index < -0.39 is 17.5 Å². The first-order chi connectivity index (χ1) is 11.5. The second kappa shape index (κ2) is 6.81. The number of rotatable bonds is 5. The van der Waals surface area contributed by atoms with Crippen molar-refractivity contribution in [1.29, 1.82) is 5.26 Å². The van der Waals surface area contributed by atoms with Gasteiger partial charge < -0.3 is 10.2 Å². The van der Waals surface area contributed by atoms with Crippen LogP contribution in [-0.4, -0.2) is 29.4 Å². The average Bonchev–Trinajstić information content (AvgIpc) is 3.16. The van der Waals surface area contributed by atoms with Crippen LogP contribution in [0.5, 0.6) is 0 Å². The second-order valence-electron chi connectivity index (χ2n) is 6.39. The second-order valence-corrected chi connectivity index (χ2v) is 6.39. The van der Waals surface area contributed by atoms with Crippen LogP contribution in [0.2, 0.25) is 0 Å². The van der Waals surface area contributed by atoms with Crippen molar-refractivity contribution in [1.82, 2.24) is 10.2 Å². The van der Waals surface area contributed by atoms with E-state index in [0.717, 1.165) is 25.3 Å². The van der Waals surface area contributed by atoms with Crippen LogP contribution in [0.15, 0.2) is 12.1 Å². The van der Waals surface area contributed by atoms with Crippen molar-refractivity contribution in [3.8, 4) is 6.07 Å². The van der Waals surface area contributed by atoms with Gasteiger partial charge >= 0.3 is 0 Å². The van der Waals surface area contributed by atoms with Gasteiger partial charge in [0.15, 0.2) is 11.6 Å². The number of nitrogens with zero attached hydrogens (tertiary/aromatic N) is 2. The van der Waals surface area contributed by atoms with Gasteiger partial charge in [0, 0.05) is 37.2 Å². The summed E-state index contributed by atoms with van der Waals surface area (Å²) in [6.07, 6.45) is 3.03. The average molecular weight is 337 g/mol. The van der Waals surface area contributed by atoms with E-state index in [4.69, 9.17) is 0 Å². The first-order valence-electron chi connectivity index (χ1n) is 8.06. The third-order valence-corrected chi connectivity index (χ3v) is 4.93. The van der Waals surface area contributed by atoms with Gasteiger partial charge in [-0.25, -0.2) is 13.2 Å². The minimum absolute atomic E-state index is 0.00401. The predicted octanol–water partition coefficient (Wildman–Crippen LogP) is 2.49. The molecule has 1 heterocycles. The van der Waals surface area contributed by atoms with E-state index in [1.807, 2.05) is 0 Å². The zero-order valence-electron chi connectivity index (χ0n) is 13.1. The fourth-order valence-corrected chi connectivity index (χ4v) is 3.76. The van der Waals surface area contributed by atoms with Crippen LogP contribution in [0.1, 0.15) is 31.2 Å². The predicted molar refractivity (Wildman–Crippen MR) is 80.0 cm³/mol. The summed E-state index contributed by atoms with van der Waals surface area (Å²) < 4.78 is 39.5. The molecular weight excluding hydrogens is 319 g/mol. The van der Waals surface area contributed by atoms with Gasteiger partial charge in [0.25, 0.3) is 0 Å². The number of carbonyl (C=O) groups excluding carboxylic acids is 1. The molecule has 1 aromatic carbocycles. The molecule has 1 saturated carbocycles. The summed E-state index contributed by atoms with van der Waals surface area (Å²) in [7, 11) is 0. The lowest BCUT2D eigenvalue weighted by molar-refractivity contribution is -0.134. The van der Waals surface area contributed by atoms with Crippen LogP contribution in [-0.2, 0) is 11.3 Å². The maximum absolute atomic E-state index is 13.5. The Hall–Kier alpha value is -2.07. The van der Waals surface area contributed by atoms with Gasteiger partial charge in [-0.05, 0) is 31.2 Å². The van der Waals surface area contributed by atoms with Crippen molar-refractivity contribution in [3.05, 3.63) is 35.1 Å². The monoisotopic (exact) mass is 337 g/mol. The third kappa shape index (κ3) is 3.11. The van der Waals surface area contributed by atoms with E-state index >= 15 is 0 Å². The van der Waals surface area contributed by atoms with E-state index in [-0.39, 0.29) is 49.0 Å². The van der Waals surface area contributed by atoms with Crippen LogP contribution in [0.3, 0.4) is 0 Å². The Balaban J connectivity index is 1.50. The highest BCUT2D eigenvalue weighted by molar-refractivity contribution is 5.78. The van der Waals surface area contributed by atoms with Gasteiger partial charge in [-0.15, -0.1) is 0 Å². The van der Waals surface area contributed by atoms with Crippen LogP contribution in [0.4, 0.5) is 13.2 Å². The molecule has 24 heavy (non-hydrogen) atoms. The standard InChI is InChI=1S/C17H18F3N3O/c18-13-7-15(20)14(19)6-11(13)9-22-4-3-17(24)23-12-2-1-10(5-12)16(23)8-21/h6-7,10,12,16,22H,1-5,9H2/t10?,12?,16-/m1/s1. The molecule has 128 valence electrons. The van der Waals surface area contributed by atoms with Crippen LogP contribution in [0, 0.1) is 34.7 Å². The number of hydrogen-bond acceptors (Lipinski definition) is 3. The number of piperidine rings is 1. The maximum Gasteiger partial charge on any atom is 0.225 e. The van der Waals surface area contributed by atoms with E-state index in [0.29, 0.717) is 6.07 Å². The highest BCUT2D eigenvalue weighted by Gasteiger charge is 2.47. The number of hydrogen-bond donors (Lipinski definition) is 1. The van der Waals surface area contributed by atoms with Crippen molar-refractivity contribution in [2.24, 2.45) is 5.92 Å². The van der Waals surface area contributed by atoms with E-state index in [1.54, 1.807) is 4.90 Å². The van der Waals surface area contributed by atoms with Crippen molar-refractivity contribution in [2.75, 3.05) is 6.54 Å². The summed E-state index contributed by atoms with van der Waals surface area (Å²) in [6, 6.07) is 3.37. The number of fused-ring (bicyclic) bond motifs is 2. The molecule has 3 rings (SSSR count). The Kier molecular flexibility index (Phi) is 4.76. The molecule has 1 saturated heterocycles. The van der Waals surface area contributed by atoms with Gasteiger partial charge in [0.1, 0.15) is 11.9 Å².